The van der Waals surface area contributed by atoms with Crippen LogP contribution in [0, 0.1) is 0 Å². The Balaban J connectivity index is 1.37. The Bertz CT molecular complexity index is 1610. The maximum absolute atomic E-state index is 4.86. The van der Waals surface area contributed by atoms with Crippen molar-refractivity contribution in [3.8, 4) is 0 Å². The minimum atomic E-state index is 0.909. The molecular formula is C30H18N4S3. The first-order valence-corrected chi connectivity index (χ1v) is 14.3. The fourth-order valence-electron chi connectivity index (χ4n) is 5.13. The molecule has 2 aliphatic heterocycles. The first kappa shape index (κ1) is 21.3. The van der Waals surface area contributed by atoms with E-state index in [1.54, 1.807) is 0 Å². The number of rotatable bonds is 2. The zero-order valence-corrected chi connectivity index (χ0v) is 21.9. The van der Waals surface area contributed by atoms with Crippen molar-refractivity contribution in [1.29, 1.82) is 0 Å². The molecule has 37 heavy (non-hydrogen) atoms. The topological polar surface area (TPSA) is 32.3 Å². The van der Waals surface area contributed by atoms with Gasteiger partial charge in [-0.2, -0.15) is 8.75 Å². The largest absolute Gasteiger partial charge is 0.306 e. The van der Waals surface area contributed by atoms with Gasteiger partial charge < -0.3 is 9.80 Å². The van der Waals surface area contributed by atoms with Crippen molar-refractivity contribution in [2.24, 2.45) is 0 Å². The van der Waals surface area contributed by atoms with Crippen molar-refractivity contribution < 1.29 is 0 Å². The van der Waals surface area contributed by atoms with Gasteiger partial charge in [-0.05, 0) is 60.7 Å². The zero-order chi connectivity index (χ0) is 24.3. The van der Waals surface area contributed by atoms with Crippen LogP contribution in [0.1, 0.15) is 0 Å². The van der Waals surface area contributed by atoms with Crippen LogP contribution in [0.3, 0.4) is 0 Å². The van der Waals surface area contributed by atoms with Crippen LogP contribution < -0.4 is 9.80 Å². The summed E-state index contributed by atoms with van der Waals surface area (Å²) >= 11 is 4.90. The quantitative estimate of drug-likeness (QED) is 0.221. The minimum Gasteiger partial charge on any atom is -0.306 e. The molecule has 0 saturated heterocycles. The molecule has 0 fully saturated rings. The van der Waals surface area contributed by atoms with Crippen molar-refractivity contribution >= 4 is 80.4 Å². The number of hydrogen-bond donors (Lipinski definition) is 0. The summed E-state index contributed by atoms with van der Waals surface area (Å²) in [5.74, 6) is 0. The molecule has 0 N–H and O–H groups in total. The number of para-hydroxylation sites is 4. The molecule has 8 rings (SSSR count). The summed E-state index contributed by atoms with van der Waals surface area (Å²) in [5.41, 5.74) is 8.56. The van der Waals surface area contributed by atoms with Gasteiger partial charge in [-0.3, -0.25) is 0 Å². The summed E-state index contributed by atoms with van der Waals surface area (Å²) in [4.78, 5) is 9.61. The second kappa shape index (κ2) is 8.38. The lowest BCUT2D eigenvalue weighted by Crippen LogP contribution is -2.17. The summed E-state index contributed by atoms with van der Waals surface area (Å²) in [6, 6.07) is 38.7. The van der Waals surface area contributed by atoms with Gasteiger partial charge in [0.25, 0.3) is 0 Å². The predicted molar refractivity (Wildman–Crippen MR) is 155 cm³/mol. The Morgan fingerprint density at radius 1 is 0.378 bits per heavy atom. The predicted octanol–water partition coefficient (Wildman–Crippen LogP) is 9.56. The van der Waals surface area contributed by atoms with Crippen LogP contribution in [0.5, 0.6) is 0 Å². The Morgan fingerprint density at radius 3 is 1.05 bits per heavy atom. The summed E-state index contributed by atoms with van der Waals surface area (Å²) in [7, 11) is 0. The second-order valence-corrected chi connectivity index (χ2v) is 11.5. The highest BCUT2D eigenvalue weighted by molar-refractivity contribution is 8.00. The lowest BCUT2D eigenvalue weighted by atomic mass is 10.1. The zero-order valence-electron chi connectivity index (χ0n) is 19.4. The molecule has 4 nitrogen and oxygen atoms in total. The molecule has 0 atom stereocenters. The molecule has 2 aliphatic rings. The van der Waals surface area contributed by atoms with Gasteiger partial charge in [0.2, 0.25) is 0 Å². The summed E-state index contributed by atoms with van der Waals surface area (Å²) in [6.07, 6.45) is 0. The van der Waals surface area contributed by atoms with Crippen LogP contribution in [0.4, 0.5) is 34.1 Å². The first-order chi connectivity index (χ1) is 18.4. The standard InChI is InChI=1S/C30H18N4S3/c1-5-13-25-19(9-1)33(20-10-2-6-14-26(20)35-25)23-17-18-24(30-29(23)31-37-32-30)34-21-11-3-7-15-27(21)36-28-16-8-4-12-22(28)34/h1-18H. The van der Waals surface area contributed by atoms with E-state index < -0.39 is 0 Å². The summed E-state index contributed by atoms with van der Waals surface area (Å²) in [6.45, 7) is 0. The molecule has 6 aromatic rings. The highest BCUT2D eigenvalue weighted by atomic mass is 32.2. The third kappa shape index (κ3) is 3.25. The van der Waals surface area contributed by atoms with Crippen molar-refractivity contribution in [2.75, 3.05) is 9.80 Å². The minimum absolute atomic E-state index is 0.909. The Kier molecular flexibility index (Phi) is 4.83. The molecular weight excluding hydrogens is 513 g/mol. The Hall–Kier alpha value is -3.78. The van der Waals surface area contributed by atoms with Gasteiger partial charge in [-0.15, -0.1) is 0 Å². The average Bonchev–Trinajstić information content (AvgIpc) is 3.45. The number of hydrogen-bond acceptors (Lipinski definition) is 7. The molecule has 0 bridgehead atoms. The SMILES string of the molecule is c1ccc2c(c1)Sc1ccccc1N2c1ccc(N2c3ccccc3Sc3ccccc32)c2nsnc12. The molecule has 0 aliphatic carbocycles. The van der Waals surface area contributed by atoms with Crippen LogP contribution >= 0.6 is 35.3 Å². The van der Waals surface area contributed by atoms with Gasteiger partial charge in [0.1, 0.15) is 11.0 Å². The third-order valence-corrected chi connectivity index (χ3v) is 9.51. The molecule has 176 valence electrons. The van der Waals surface area contributed by atoms with Crippen molar-refractivity contribution in [1.82, 2.24) is 8.75 Å². The monoisotopic (exact) mass is 530 g/mol. The van der Waals surface area contributed by atoms with Gasteiger partial charge in [-0.25, -0.2) is 0 Å². The number of benzene rings is 5. The van der Waals surface area contributed by atoms with E-state index in [1.165, 1.54) is 54.1 Å². The number of anilines is 6. The second-order valence-electron chi connectivity index (χ2n) is 8.81. The molecule has 0 spiro atoms. The van der Waals surface area contributed by atoms with Gasteiger partial charge in [0.15, 0.2) is 0 Å². The first-order valence-electron chi connectivity index (χ1n) is 11.9. The van der Waals surface area contributed by atoms with Gasteiger partial charge in [0, 0.05) is 19.6 Å². The third-order valence-electron chi connectivity index (χ3n) is 6.72. The Morgan fingerprint density at radius 2 is 0.703 bits per heavy atom. The lowest BCUT2D eigenvalue weighted by Gasteiger charge is -2.35. The maximum Gasteiger partial charge on any atom is 0.130 e. The van der Waals surface area contributed by atoms with Crippen molar-refractivity contribution in [3.05, 3.63) is 109 Å². The number of fused-ring (bicyclic) bond motifs is 5. The molecule has 5 aromatic carbocycles. The van der Waals surface area contributed by atoms with Crippen LogP contribution in [0.25, 0.3) is 11.0 Å². The molecule has 0 saturated carbocycles. The van der Waals surface area contributed by atoms with Gasteiger partial charge >= 0.3 is 0 Å². The average molecular weight is 531 g/mol. The van der Waals surface area contributed by atoms with Gasteiger partial charge in [0.05, 0.1) is 45.9 Å². The molecule has 1 aromatic heterocycles. The van der Waals surface area contributed by atoms with Gasteiger partial charge in [-0.1, -0.05) is 72.1 Å². The highest BCUT2D eigenvalue weighted by Gasteiger charge is 2.30. The van der Waals surface area contributed by atoms with Crippen LogP contribution in [0.2, 0.25) is 0 Å². The summed E-state index contributed by atoms with van der Waals surface area (Å²) < 4.78 is 9.71. The van der Waals surface area contributed by atoms with E-state index in [-0.39, 0.29) is 0 Å². The number of aromatic nitrogens is 2. The van der Waals surface area contributed by atoms with Crippen LogP contribution in [0.15, 0.2) is 129 Å². The molecule has 3 heterocycles. The van der Waals surface area contributed by atoms with E-state index in [0.717, 1.165) is 22.4 Å². The molecule has 0 radical (unpaired) electrons. The maximum atomic E-state index is 4.86. The van der Waals surface area contributed by atoms with E-state index in [1.807, 2.05) is 23.5 Å². The highest BCUT2D eigenvalue weighted by Crippen LogP contribution is 2.55. The normalized spacial score (nSPS) is 13.6. The fraction of sp³-hybridized carbons (Fsp3) is 0. The van der Waals surface area contributed by atoms with E-state index in [2.05, 4.69) is 119 Å². The fourth-order valence-corrected chi connectivity index (χ4v) is 7.81. The lowest BCUT2D eigenvalue weighted by molar-refractivity contribution is 1.16. The Labute approximate surface area is 226 Å². The van der Waals surface area contributed by atoms with E-state index in [9.17, 15) is 0 Å². The molecule has 7 heteroatoms. The smallest absolute Gasteiger partial charge is 0.130 e. The van der Waals surface area contributed by atoms with Crippen molar-refractivity contribution in [2.45, 2.75) is 19.6 Å². The summed E-state index contributed by atoms with van der Waals surface area (Å²) in [5, 5.41) is 0. The van der Waals surface area contributed by atoms with E-state index in [4.69, 9.17) is 8.75 Å². The van der Waals surface area contributed by atoms with Crippen LogP contribution in [-0.2, 0) is 0 Å². The van der Waals surface area contributed by atoms with E-state index >= 15 is 0 Å². The molecule has 0 unspecified atom stereocenters. The van der Waals surface area contributed by atoms with E-state index in [0.29, 0.717) is 0 Å². The van der Waals surface area contributed by atoms with Crippen molar-refractivity contribution in [3.63, 3.8) is 0 Å². The molecule has 0 amide bonds. The van der Waals surface area contributed by atoms with Crippen LogP contribution in [-0.4, -0.2) is 8.75 Å². The number of nitrogens with zero attached hydrogens (tertiary/aromatic N) is 4.